The zero-order valence-electron chi connectivity index (χ0n) is 6.69. The highest BCUT2D eigenvalue weighted by molar-refractivity contribution is 6.35. The Kier molecular flexibility index (Phi) is 1.97. The lowest BCUT2D eigenvalue weighted by Crippen LogP contribution is -1.92. The summed E-state index contributed by atoms with van der Waals surface area (Å²) < 4.78 is 0. The fourth-order valence-electron chi connectivity index (χ4n) is 1.14. The van der Waals surface area contributed by atoms with Crippen LogP contribution in [0.3, 0.4) is 0 Å². The average molecular weight is 211 g/mol. The maximum atomic E-state index is 11.0. The van der Waals surface area contributed by atoms with Gasteiger partial charge in [0.25, 0.3) is 0 Å². The Morgan fingerprint density at radius 2 is 2.29 bits per heavy atom. The number of nitroso groups, excluding NO2 is 1. The van der Waals surface area contributed by atoms with E-state index in [9.17, 15) is 9.70 Å². The van der Waals surface area contributed by atoms with Gasteiger partial charge in [-0.2, -0.15) is 0 Å². The number of carbonyl (C=O) groups excluding carboxylic acids is 1. The molecular formula is C7H3ClN4O2. The minimum Gasteiger partial charge on any atom is -0.345 e. The van der Waals surface area contributed by atoms with Crippen LogP contribution in [0.1, 0.15) is 10.4 Å². The summed E-state index contributed by atoms with van der Waals surface area (Å²) in [5, 5.41) is 2.73. The normalized spacial score (nSPS) is 10.4. The van der Waals surface area contributed by atoms with Crippen LogP contribution >= 0.6 is 11.6 Å². The first-order valence-electron chi connectivity index (χ1n) is 3.59. The molecule has 0 aliphatic rings. The Bertz CT molecular complexity index is 521. The van der Waals surface area contributed by atoms with E-state index in [1.165, 1.54) is 12.5 Å². The molecule has 0 bridgehead atoms. The van der Waals surface area contributed by atoms with Crippen molar-refractivity contribution in [1.29, 1.82) is 0 Å². The molecule has 2 aromatic heterocycles. The molecule has 0 aromatic carbocycles. The van der Waals surface area contributed by atoms with Crippen LogP contribution < -0.4 is 0 Å². The van der Waals surface area contributed by atoms with Crippen molar-refractivity contribution in [2.45, 2.75) is 0 Å². The SMILES string of the molecule is O=NC(=O)c1c[nH]c2ncnc(Cl)c12. The zero-order chi connectivity index (χ0) is 10.1. The topological polar surface area (TPSA) is 88.1 Å². The van der Waals surface area contributed by atoms with Crippen LogP contribution in [0.4, 0.5) is 0 Å². The van der Waals surface area contributed by atoms with E-state index in [1.54, 1.807) is 0 Å². The molecule has 6 nitrogen and oxygen atoms in total. The molecule has 0 unspecified atom stereocenters. The van der Waals surface area contributed by atoms with Gasteiger partial charge in [-0.15, -0.1) is 4.91 Å². The number of amides is 1. The summed E-state index contributed by atoms with van der Waals surface area (Å²) in [4.78, 5) is 31.3. The van der Waals surface area contributed by atoms with Gasteiger partial charge < -0.3 is 4.98 Å². The van der Waals surface area contributed by atoms with Crippen LogP contribution in [-0.2, 0) is 0 Å². The van der Waals surface area contributed by atoms with E-state index in [-0.39, 0.29) is 10.7 Å². The Labute approximate surface area is 82.3 Å². The summed E-state index contributed by atoms with van der Waals surface area (Å²) in [5.74, 6) is -0.895. The van der Waals surface area contributed by atoms with Gasteiger partial charge in [0.05, 0.1) is 10.9 Å². The van der Waals surface area contributed by atoms with E-state index in [0.29, 0.717) is 11.0 Å². The first-order valence-corrected chi connectivity index (χ1v) is 3.97. The molecule has 0 saturated carbocycles. The number of fused-ring (bicyclic) bond motifs is 1. The number of carbonyl (C=O) groups is 1. The summed E-state index contributed by atoms with van der Waals surface area (Å²) in [5.41, 5.74) is 0.484. The van der Waals surface area contributed by atoms with Crippen molar-refractivity contribution in [1.82, 2.24) is 15.0 Å². The summed E-state index contributed by atoms with van der Waals surface area (Å²) in [7, 11) is 0. The smallest absolute Gasteiger partial charge is 0.319 e. The Balaban J connectivity index is 2.79. The van der Waals surface area contributed by atoms with Crippen LogP contribution in [-0.4, -0.2) is 20.9 Å². The molecule has 1 N–H and O–H groups in total. The number of halogens is 1. The molecule has 0 saturated heterocycles. The largest absolute Gasteiger partial charge is 0.345 e. The third kappa shape index (κ3) is 1.16. The van der Waals surface area contributed by atoms with Crippen molar-refractivity contribution < 1.29 is 4.79 Å². The molecule has 0 radical (unpaired) electrons. The van der Waals surface area contributed by atoms with Crippen molar-refractivity contribution in [2.24, 2.45) is 5.18 Å². The van der Waals surface area contributed by atoms with Crippen molar-refractivity contribution >= 4 is 28.5 Å². The molecular weight excluding hydrogens is 208 g/mol. The van der Waals surface area contributed by atoms with Crippen LogP contribution in [0.5, 0.6) is 0 Å². The molecule has 0 aliphatic carbocycles. The summed E-state index contributed by atoms with van der Waals surface area (Å²) in [6.45, 7) is 0. The Morgan fingerprint density at radius 3 is 3.00 bits per heavy atom. The fourth-order valence-corrected chi connectivity index (χ4v) is 1.38. The van der Waals surface area contributed by atoms with E-state index < -0.39 is 5.91 Å². The molecule has 0 atom stereocenters. The predicted octanol–water partition coefficient (Wildman–Crippen LogP) is 1.52. The lowest BCUT2D eigenvalue weighted by molar-refractivity contribution is 0.100. The van der Waals surface area contributed by atoms with Gasteiger partial charge in [-0.1, -0.05) is 11.6 Å². The second-order valence-electron chi connectivity index (χ2n) is 2.49. The minimum atomic E-state index is -0.895. The van der Waals surface area contributed by atoms with Crippen LogP contribution in [0.2, 0.25) is 5.15 Å². The Morgan fingerprint density at radius 1 is 1.50 bits per heavy atom. The molecule has 2 rings (SSSR count). The second kappa shape index (κ2) is 3.15. The highest BCUT2D eigenvalue weighted by atomic mass is 35.5. The van der Waals surface area contributed by atoms with Gasteiger partial charge in [-0.3, -0.25) is 4.79 Å². The number of aromatic nitrogens is 3. The molecule has 1 amide bonds. The number of aromatic amines is 1. The minimum absolute atomic E-state index is 0.0839. The number of hydrogen-bond donors (Lipinski definition) is 1. The first-order chi connectivity index (χ1) is 6.74. The molecule has 0 aliphatic heterocycles. The number of nitrogens with one attached hydrogen (secondary N) is 1. The molecule has 0 spiro atoms. The quantitative estimate of drug-likeness (QED) is 0.571. The Hall–Kier alpha value is -1.82. The van der Waals surface area contributed by atoms with E-state index >= 15 is 0 Å². The van der Waals surface area contributed by atoms with E-state index in [4.69, 9.17) is 11.6 Å². The second-order valence-corrected chi connectivity index (χ2v) is 2.84. The van der Waals surface area contributed by atoms with E-state index in [2.05, 4.69) is 20.1 Å². The molecule has 2 aromatic rings. The lowest BCUT2D eigenvalue weighted by Gasteiger charge is -1.92. The average Bonchev–Trinajstić information content (AvgIpc) is 2.62. The summed E-state index contributed by atoms with van der Waals surface area (Å²) in [6.07, 6.45) is 2.58. The van der Waals surface area contributed by atoms with Crippen molar-refractivity contribution in [2.75, 3.05) is 0 Å². The van der Waals surface area contributed by atoms with Gasteiger partial charge in [-0.25, -0.2) is 9.97 Å². The van der Waals surface area contributed by atoms with Crippen molar-refractivity contribution in [3.8, 4) is 0 Å². The molecule has 70 valence electrons. The summed E-state index contributed by atoms with van der Waals surface area (Å²) >= 11 is 5.74. The van der Waals surface area contributed by atoms with Gasteiger partial charge in [0.2, 0.25) is 0 Å². The zero-order valence-corrected chi connectivity index (χ0v) is 7.45. The van der Waals surface area contributed by atoms with Crippen molar-refractivity contribution in [3.05, 3.63) is 28.1 Å². The van der Waals surface area contributed by atoms with Gasteiger partial charge in [-0.05, 0) is 0 Å². The standard InChI is InChI=1S/C7H3ClN4O2/c8-5-4-3(7(13)12-14)1-9-6(4)11-2-10-5/h1-2H,(H,9,10,11). The number of H-pyrrole nitrogens is 1. The first kappa shape index (κ1) is 8.76. The van der Waals surface area contributed by atoms with Crippen LogP contribution in [0, 0.1) is 4.91 Å². The van der Waals surface area contributed by atoms with Crippen molar-refractivity contribution in [3.63, 3.8) is 0 Å². The van der Waals surface area contributed by atoms with E-state index in [0.717, 1.165) is 0 Å². The third-order valence-electron chi connectivity index (χ3n) is 1.74. The van der Waals surface area contributed by atoms with E-state index in [1.807, 2.05) is 0 Å². The van der Waals surface area contributed by atoms with Crippen LogP contribution in [0.25, 0.3) is 11.0 Å². The molecule has 2 heterocycles. The maximum Gasteiger partial charge on any atom is 0.319 e. The van der Waals surface area contributed by atoms with Gasteiger partial charge >= 0.3 is 5.91 Å². The summed E-state index contributed by atoms with van der Waals surface area (Å²) in [6, 6.07) is 0. The molecule has 7 heteroatoms. The molecule has 14 heavy (non-hydrogen) atoms. The highest BCUT2D eigenvalue weighted by Crippen LogP contribution is 2.23. The van der Waals surface area contributed by atoms with Gasteiger partial charge in [0.1, 0.15) is 17.1 Å². The monoisotopic (exact) mass is 210 g/mol. The third-order valence-corrected chi connectivity index (χ3v) is 2.02. The van der Waals surface area contributed by atoms with Gasteiger partial charge in [0, 0.05) is 11.4 Å². The fraction of sp³-hybridized carbons (Fsp3) is 0. The molecule has 0 fully saturated rings. The van der Waals surface area contributed by atoms with Crippen LogP contribution in [0.15, 0.2) is 17.7 Å². The maximum absolute atomic E-state index is 11.0. The number of rotatable bonds is 1. The lowest BCUT2D eigenvalue weighted by atomic mass is 10.2. The van der Waals surface area contributed by atoms with Gasteiger partial charge in [0.15, 0.2) is 0 Å². The predicted molar refractivity (Wildman–Crippen MR) is 49.0 cm³/mol. The number of nitrogens with zero attached hydrogens (tertiary/aromatic N) is 3. The highest BCUT2D eigenvalue weighted by Gasteiger charge is 2.16. The number of hydrogen-bond acceptors (Lipinski definition) is 4.